The van der Waals surface area contributed by atoms with Crippen LogP contribution in [0.4, 0.5) is 0 Å². The number of nitrogens with two attached hydrogens (primary N) is 1. The third kappa shape index (κ3) is 4.60. The summed E-state index contributed by atoms with van der Waals surface area (Å²) in [5, 5.41) is 0. The van der Waals surface area contributed by atoms with E-state index in [1.807, 2.05) is 0 Å². The molecule has 0 radical (unpaired) electrons. The molecule has 2 heteroatoms. The zero-order valence-corrected chi connectivity index (χ0v) is 13.1. The molecule has 1 fully saturated rings. The van der Waals surface area contributed by atoms with Crippen molar-refractivity contribution >= 4 is 0 Å². The lowest BCUT2D eigenvalue weighted by atomic mass is 9.85. The van der Waals surface area contributed by atoms with Crippen molar-refractivity contribution in [1.82, 2.24) is 4.90 Å². The summed E-state index contributed by atoms with van der Waals surface area (Å²) in [6.07, 6.45) is 7.70. The van der Waals surface area contributed by atoms with Crippen LogP contribution in [0.25, 0.3) is 0 Å². The molecule has 0 heterocycles. The second-order valence-electron chi connectivity index (χ2n) is 6.55. The number of hydrogen-bond donors (Lipinski definition) is 1. The number of hydrogen-bond acceptors (Lipinski definition) is 2. The SMILES string of the molecule is CC1CCCCC1N(C)CC(N)CCc1ccccc1. The molecule has 3 unspecified atom stereocenters. The lowest BCUT2D eigenvalue weighted by Gasteiger charge is -2.37. The van der Waals surface area contributed by atoms with E-state index in [2.05, 4.69) is 49.2 Å². The van der Waals surface area contributed by atoms with Crippen molar-refractivity contribution in [2.24, 2.45) is 11.7 Å². The Kier molecular flexibility index (Phi) is 6.06. The largest absolute Gasteiger partial charge is 0.327 e. The van der Waals surface area contributed by atoms with Gasteiger partial charge in [-0.25, -0.2) is 0 Å². The van der Waals surface area contributed by atoms with Gasteiger partial charge in [0, 0.05) is 18.6 Å². The molecular weight excluding hydrogens is 244 g/mol. The molecule has 0 aliphatic heterocycles. The quantitative estimate of drug-likeness (QED) is 0.861. The first-order valence-corrected chi connectivity index (χ1v) is 8.16. The first-order chi connectivity index (χ1) is 9.66. The highest BCUT2D eigenvalue weighted by atomic mass is 15.1. The number of nitrogens with zero attached hydrogens (tertiary/aromatic N) is 1. The van der Waals surface area contributed by atoms with Crippen LogP contribution in [-0.2, 0) is 6.42 Å². The van der Waals surface area contributed by atoms with Gasteiger partial charge in [0.05, 0.1) is 0 Å². The number of rotatable bonds is 6. The fourth-order valence-corrected chi connectivity index (χ4v) is 3.54. The topological polar surface area (TPSA) is 29.3 Å². The van der Waals surface area contributed by atoms with Crippen molar-refractivity contribution in [1.29, 1.82) is 0 Å². The number of aryl methyl sites for hydroxylation is 1. The summed E-state index contributed by atoms with van der Waals surface area (Å²) in [7, 11) is 2.26. The van der Waals surface area contributed by atoms with E-state index in [0.29, 0.717) is 0 Å². The highest BCUT2D eigenvalue weighted by Crippen LogP contribution is 2.27. The smallest absolute Gasteiger partial charge is 0.0170 e. The lowest BCUT2D eigenvalue weighted by molar-refractivity contribution is 0.132. The van der Waals surface area contributed by atoms with Crippen LogP contribution in [0, 0.1) is 5.92 Å². The van der Waals surface area contributed by atoms with Crippen LogP contribution in [-0.4, -0.2) is 30.6 Å². The molecule has 1 aromatic carbocycles. The molecule has 1 saturated carbocycles. The monoisotopic (exact) mass is 274 g/mol. The Bertz CT molecular complexity index is 376. The summed E-state index contributed by atoms with van der Waals surface area (Å²) in [6.45, 7) is 3.43. The summed E-state index contributed by atoms with van der Waals surface area (Å²) < 4.78 is 0. The van der Waals surface area contributed by atoms with Crippen LogP contribution >= 0.6 is 0 Å². The third-order valence-corrected chi connectivity index (χ3v) is 4.80. The standard InChI is InChI=1S/C18H30N2/c1-15-8-6-7-11-18(15)20(2)14-17(19)13-12-16-9-4-3-5-10-16/h3-5,9-10,15,17-18H,6-8,11-14,19H2,1-2H3. The van der Waals surface area contributed by atoms with Crippen molar-refractivity contribution in [3.8, 4) is 0 Å². The van der Waals surface area contributed by atoms with E-state index in [9.17, 15) is 0 Å². The maximum atomic E-state index is 6.33. The summed E-state index contributed by atoms with van der Waals surface area (Å²) in [6, 6.07) is 11.7. The minimum Gasteiger partial charge on any atom is -0.327 e. The Morgan fingerprint density at radius 2 is 1.90 bits per heavy atom. The van der Waals surface area contributed by atoms with Crippen LogP contribution in [0.2, 0.25) is 0 Å². The Balaban J connectivity index is 1.74. The minimum atomic E-state index is 0.286. The van der Waals surface area contributed by atoms with Gasteiger partial charge in [-0.3, -0.25) is 0 Å². The normalized spacial score (nSPS) is 24.8. The molecular formula is C18H30N2. The van der Waals surface area contributed by atoms with E-state index in [1.54, 1.807) is 0 Å². The Morgan fingerprint density at radius 3 is 2.60 bits per heavy atom. The molecule has 0 bridgehead atoms. The van der Waals surface area contributed by atoms with Crippen LogP contribution in [0.1, 0.15) is 44.6 Å². The van der Waals surface area contributed by atoms with Crippen LogP contribution < -0.4 is 5.73 Å². The van der Waals surface area contributed by atoms with Crippen molar-refractivity contribution in [3.05, 3.63) is 35.9 Å². The number of likely N-dealkylation sites (N-methyl/N-ethyl adjacent to an activating group) is 1. The fraction of sp³-hybridized carbons (Fsp3) is 0.667. The van der Waals surface area contributed by atoms with Gasteiger partial charge in [-0.2, -0.15) is 0 Å². The van der Waals surface area contributed by atoms with Crippen LogP contribution in [0.15, 0.2) is 30.3 Å². The molecule has 0 aromatic heterocycles. The molecule has 0 amide bonds. The minimum absolute atomic E-state index is 0.286. The molecule has 1 aromatic rings. The lowest BCUT2D eigenvalue weighted by Crippen LogP contribution is -2.45. The van der Waals surface area contributed by atoms with Gasteiger partial charge in [-0.1, -0.05) is 50.1 Å². The van der Waals surface area contributed by atoms with E-state index in [0.717, 1.165) is 31.3 Å². The van der Waals surface area contributed by atoms with Crippen molar-refractivity contribution in [2.45, 2.75) is 57.5 Å². The van der Waals surface area contributed by atoms with Gasteiger partial charge < -0.3 is 10.6 Å². The highest BCUT2D eigenvalue weighted by Gasteiger charge is 2.25. The molecule has 20 heavy (non-hydrogen) atoms. The van der Waals surface area contributed by atoms with Gasteiger partial charge in [0.2, 0.25) is 0 Å². The Hall–Kier alpha value is -0.860. The van der Waals surface area contributed by atoms with E-state index in [4.69, 9.17) is 5.73 Å². The summed E-state index contributed by atoms with van der Waals surface area (Å²) >= 11 is 0. The number of benzene rings is 1. The molecule has 1 aliphatic rings. The summed E-state index contributed by atoms with van der Waals surface area (Å²) in [5.74, 6) is 0.829. The second-order valence-corrected chi connectivity index (χ2v) is 6.55. The summed E-state index contributed by atoms with van der Waals surface area (Å²) in [4.78, 5) is 2.51. The fourth-order valence-electron chi connectivity index (χ4n) is 3.54. The van der Waals surface area contributed by atoms with Crippen LogP contribution in [0.3, 0.4) is 0 Å². The predicted octanol–water partition coefficient (Wildman–Crippen LogP) is 3.46. The van der Waals surface area contributed by atoms with Gasteiger partial charge in [0.15, 0.2) is 0 Å². The summed E-state index contributed by atoms with van der Waals surface area (Å²) in [5.41, 5.74) is 7.73. The molecule has 1 aliphatic carbocycles. The molecule has 0 spiro atoms. The van der Waals surface area contributed by atoms with Gasteiger partial charge in [-0.05, 0) is 44.2 Å². The van der Waals surface area contributed by atoms with Crippen molar-refractivity contribution < 1.29 is 0 Å². The zero-order valence-electron chi connectivity index (χ0n) is 13.1. The average molecular weight is 274 g/mol. The van der Waals surface area contributed by atoms with Gasteiger partial charge in [0.1, 0.15) is 0 Å². The van der Waals surface area contributed by atoms with E-state index in [1.165, 1.54) is 31.2 Å². The van der Waals surface area contributed by atoms with Crippen LogP contribution in [0.5, 0.6) is 0 Å². The molecule has 112 valence electrons. The second kappa shape index (κ2) is 7.80. The van der Waals surface area contributed by atoms with Gasteiger partial charge in [-0.15, -0.1) is 0 Å². The maximum Gasteiger partial charge on any atom is 0.0170 e. The third-order valence-electron chi connectivity index (χ3n) is 4.80. The van der Waals surface area contributed by atoms with Crippen molar-refractivity contribution in [3.63, 3.8) is 0 Å². The van der Waals surface area contributed by atoms with Crippen molar-refractivity contribution in [2.75, 3.05) is 13.6 Å². The Labute approximate surface area is 124 Å². The molecule has 2 nitrogen and oxygen atoms in total. The predicted molar refractivity (Wildman–Crippen MR) is 86.8 cm³/mol. The van der Waals surface area contributed by atoms with E-state index < -0.39 is 0 Å². The molecule has 0 saturated heterocycles. The van der Waals surface area contributed by atoms with Gasteiger partial charge in [0.25, 0.3) is 0 Å². The maximum absolute atomic E-state index is 6.33. The zero-order chi connectivity index (χ0) is 14.4. The van der Waals surface area contributed by atoms with E-state index >= 15 is 0 Å². The first kappa shape index (κ1) is 15.5. The van der Waals surface area contributed by atoms with E-state index in [-0.39, 0.29) is 6.04 Å². The Morgan fingerprint density at radius 1 is 1.20 bits per heavy atom. The molecule has 2 N–H and O–H groups in total. The molecule has 3 atom stereocenters. The molecule has 2 rings (SSSR count). The average Bonchev–Trinajstić information content (AvgIpc) is 2.46. The highest BCUT2D eigenvalue weighted by molar-refractivity contribution is 5.14. The van der Waals surface area contributed by atoms with Gasteiger partial charge >= 0.3 is 0 Å². The first-order valence-electron chi connectivity index (χ1n) is 8.16.